The van der Waals surface area contributed by atoms with E-state index in [1.807, 2.05) is 64.5 Å². The second-order valence-corrected chi connectivity index (χ2v) is 10.1. The number of nitrogens with zero attached hydrogens (tertiary/aromatic N) is 3. The Kier molecular flexibility index (Phi) is 7.90. The van der Waals surface area contributed by atoms with E-state index in [2.05, 4.69) is 64.0 Å². The number of hydrogen-bond donors (Lipinski definition) is 1. The molecule has 36 heavy (non-hydrogen) atoms. The topological polar surface area (TPSA) is 59.8 Å². The minimum atomic E-state index is -0.0137. The second-order valence-electron chi connectivity index (χ2n) is 8.26. The van der Waals surface area contributed by atoms with Crippen LogP contribution in [-0.4, -0.2) is 33.0 Å². The number of hydrogen-bond acceptors (Lipinski definition) is 5. The molecule has 5 aromatic rings. The van der Waals surface area contributed by atoms with E-state index >= 15 is 0 Å². The Bertz CT molecular complexity index is 1330. The smallest absolute Gasteiger partial charge is 0.230 e. The van der Waals surface area contributed by atoms with Crippen LogP contribution in [0.4, 0.5) is 0 Å². The molecule has 0 radical (unpaired) electrons. The van der Waals surface area contributed by atoms with Crippen LogP contribution in [0.25, 0.3) is 16.4 Å². The molecule has 0 saturated carbocycles. The normalized spacial score (nSPS) is 11.0. The number of nitrogens with one attached hydrogen (secondary N) is 1. The third-order valence-electron chi connectivity index (χ3n) is 5.88. The van der Waals surface area contributed by atoms with Crippen molar-refractivity contribution in [2.45, 2.75) is 17.5 Å². The molecule has 1 amide bonds. The van der Waals surface area contributed by atoms with Gasteiger partial charge in [0.25, 0.3) is 0 Å². The van der Waals surface area contributed by atoms with E-state index in [4.69, 9.17) is 0 Å². The van der Waals surface area contributed by atoms with Gasteiger partial charge in [-0.15, -0.1) is 21.5 Å². The molecule has 0 unspecified atom stereocenters. The molecule has 5 rings (SSSR count). The van der Waals surface area contributed by atoms with Crippen LogP contribution in [0.1, 0.15) is 23.5 Å². The average molecular weight is 511 g/mol. The van der Waals surface area contributed by atoms with Crippen molar-refractivity contribution in [2.75, 3.05) is 12.3 Å². The van der Waals surface area contributed by atoms with Crippen LogP contribution < -0.4 is 5.32 Å². The minimum absolute atomic E-state index is 0.0137. The standard InChI is InChI=1S/C29H26N4OS2/c34-27(30-19-18-25(22-11-4-1-5-12-22)23-13-6-2-7-14-23)21-36-29-32-31-28(26-17-10-20-35-26)33(29)24-15-8-3-9-16-24/h1-17,20,25H,18-19,21H2,(H,30,34). The summed E-state index contributed by atoms with van der Waals surface area (Å²) < 4.78 is 2.02. The first kappa shape index (κ1) is 24.0. The Morgan fingerprint density at radius 2 is 1.47 bits per heavy atom. The number of rotatable bonds is 10. The lowest BCUT2D eigenvalue weighted by molar-refractivity contribution is -0.118. The van der Waals surface area contributed by atoms with Crippen molar-refractivity contribution in [3.63, 3.8) is 0 Å². The molecule has 2 heterocycles. The Morgan fingerprint density at radius 3 is 2.08 bits per heavy atom. The van der Waals surface area contributed by atoms with E-state index in [1.165, 1.54) is 22.9 Å². The molecular weight excluding hydrogens is 484 g/mol. The highest BCUT2D eigenvalue weighted by Gasteiger charge is 2.18. The summed E-state index contributed by atoms with van der Waals surface area (Å²) in [5.74, 6) is 1.28. The van der Waals surface area contributed by atoms with Crippen LogP contribution in [0.2, 0.25) is 0 Å². The monoisotopic (exact) mass is 510 g/mol. The van der Waals surface area contributed by atoms with Crippen LogP contribution in [-0.2, 0) is 4.79 Å². The highest BCUT2D eigenvalue weighted by Crippen LogP contribution is 2.30. The molecule has 5 nitrogen and oxygen atoms in total. The van der Waals surface area contributed by atoms with E-state index in [1.54, 1.807) is 11.3 Å². The van der Waals surface area contributed by atoms with Gasteiger partial charge in [-0.1, -0.05) is 96.7 Å². The Morgan fingerprint density at radius 1 is 0.833 bits per heavy atom. The minimum Gasteiger partial charge on any atom is -0.355 e. The van der Waals surface area contributed by atoms with E-state index in [0.717, 1.165) is 22.8 Å². The van der Waals surface area contributed by atoms with Crippen molar-refractivity contribution in [3.05, 3.63) is 120 Å². The van der Waals surface area contributed by atoms with Crippen LogP contribution in [0, 0.1) is 0 Å². The van der Waals surface area contributed by atoms with Gasteiger partial charge >= 0.3 is 0 Å². The second kappa shape index (κ2) is 11.8. The van der Waals surface area contributed by atoms with E-state index < -0.39 is 0 Å². The molecule has 0 spiro atoms. The zero-order valence-corrected chi connectivity index (χ0v) is 21.3. The molecule has 0 saturated heterocycles. The van der Waals surface area contributed by atoms with Gasteiger partial charge in [0.15, 0.2) is 11.0 Å². The summed E-state index contributed by atoms with van der Waals surface area (Å²) in [6.07, 6.45) is 0.827. The summed E-state index contributed by atoms with van der Waals surface area (Å²) in [6, 6.07) is 35.0. The van der Waals surface area contributed by atoms with Crippen LogP contribution >= 0.6 is 23.1 Å². The van der Waals surface area contributed by atoms with Crippen molar-refractivity contribution in [3.8, 4) is 16.4 Å². The van der Waals surface area contributed by atoms with E-state index in [0.29, 0.717) is 11.7 Å². The Balaban J connectivity index is 1.24. The van der Waals surface area contributed by atoms with Gasteiger partial charge in [-0.25, -0.2) is 0 Å². The first-order valence-corrected chi connectivity index (χ1v) is 13.7. The summed E-state index contributed by atoms with van der Waals surface area (Å²) >= 11 is 3.02. The van der Waals surface area contributed by atoms with Gasteiger partial charge in [-0.3, -0.25) is 9.36 Å². The van der Waals surface area contributed by atoms with E-state index in [9.17, 15) is 4.79 Å². The zero-order chi connectivity index (χ0) is 24.6. The van der Waals surface area contributed by atoms with Crippen LogP contribution in [0.5, 0.6) is 0 Å². The number of carbonyl (C=O) groups is 1. The van der Waals surface area contributed by atoms with E-state index in [-0.39, 0.29) is 17.6 Å². The highest BCUT2D eigenvalue weighted by molar-refractivity contribution is 7.99. The lowest BCUT2D eigenvalue weighted by Gasteiger charge is -2.18. The molecule has 0 atom stereocenters. The molecule has 0 aliphatic heterocycles. The fraction of sp³-hybridized carbons (Fsp3) is 0.138. The third kappa shape index (κ3) is 5.75. The molecule has 7 heteroatoms. The Labute approximate surface area is 219 Å². The molecule has 0 aliphatic carbocycles. The summed E-state index contributed by atoms with van der Waals surface area (Å²) in [5, 5.41) is 14.7. The fourth-order valence-electron chi connectivity index (χ4n) is 4.17. The first-order chi connectivity index (χ1) is 17.8. The molecule has 3 aromatic carbocycles. The fourth-order valence-corrected chi connectivity index (χ4v) is 5.65. The number of thiophene rings is 1. The number of carbonyl (C=O) groups excluding carboxylic acids is 1. The molecular formula is C29H26N4OS2. The van der Waals surface area contributed by atoms with Gasteiger partial charge in [-0.05, 0) is 41.1 Å². The van der Waals surface area contributed by atoms with Gasteiger partial charge in [0.1, 0.15) is 0 Å². The summed E-state index contributed by atoms with van der Waals surface area (Å²) in [6.45, 7) is 0.597. The number of amides is 1. The largest absolute Gasteiger partial charge is 0.355 e. The molecule has 0 fully saturated rings. The number of para-hydroxylation sites is 1. The summed E-state index contributed by atoms with van der Waals surface area (Å²) in [7, 11) is 0. The maximum atomic E-state index is 12.8. The Hall–Kier alpha value is -3.68. The zero-order valence-electron chi connectivity index (χ0n) is 19.7. The summed E-state index contributed by atoms with van der Waals surface area (Å²) in [4.78, 5) is 13.8. The molecule has 180 valence electrons. The van der Waals surface area contributed by atoms with Gasteiger partial charge in [0.05, 0.1) is 10.6 Å². The van der Waals surface area contributed by atoms with Crippen molar-refractivity contribution < 1.29 is 4.79 Å². The van der Waals surface area contributed by atoms with Gasteiger partial charge < -0.3 is 5.32 Å². The van der Waals surface area contributed by atoms with Crippen molar-refractivity contribution in [2.24, 2.45) is 0 Å². The maximum Gasteiger partial charge on any atom is 0.230 e. The maximum absolute atomic E-state index is 12.8. The van der Waals surface area contributed by atoms with Crippen LogP contribution in [0.3, 0.4) is 0 Å². The van der Waals surface area contributed by atoms with Crippen molar-refractivity contribution >= 4 is 29.0 Å². The van der Waals surface area contributed by atoms with Crippen molar-refractivity contribution in [1.82, 2.24) is 20.1 Å². The first-order valence-electron chi connectivity index (χ1n) is 11.8. The van der Waals surface area contributed by atoms with Crippen molar-refractivity contribution in [1.29, 1.82) is 0 Å². The number of thioether (sulfide) groups is 1. The summed E-state index contributed by atoms with van der Waals surface area (Å²) in [5.41, 5.74) is 3.48. The SMILES string of the molecule is O=C(CSc1nnc(-c2cccs2)n1-c1ccccc1)NCCC(c1ccccc1)c1ccccc1. The molecule has 1 N–H and O–H groups in total. The molecule has 2 aromatic heterocycles. The van der Waals surface area contributed by atoms with Gasteiger partial charge in [-0.2, -0.15) is 0 Å². The predicted octanol–water partition coefficient (Wildman–Crippen LogP) is 6.43. The lowest BCUT2D eigenvalue weighted by Crippen LogP contribution is -2.27. The lowest BCUT2D eigenvalue weighted by atomic mass is 9.88. The number of aromatic nitrogens is 3. The number of benzene rings is 3. The van der Waals surface area contributed by atoms with Gasteiger partial charge in [0.2, 0.25) is 5.91 Å². The molecule has 0 aliphatic rings. The highest BCUT2D eigenvalue weighted by atomic mass is 32.2. The average Bonchev–Trinajstić information content (AvgIpc) is 3.62. The predicted molar refractivity (Wildman–Crippen MR) is 148 cm³/mol. The third-order valence-corrected chi connectivity index (χ3v) is 7.68. The van der Waals surface area contributed by atoms with Gasteiger partial charge in [0, 0.05) is 18.2 Å². The van der Waals surface area contributed by atoms with Crippen LogP contribution in [0.15, 0.2) is 114 Å². The molecule has 0 bridgehead atoms. The quantitative estimate of drug-likeness (QED) is 0.220.